The minimum absolute atomic E-state index is 0.0123. The van der Waals surface area contributed by atoms with Gasteiger partial charge in [0.05, 0.1) is 25.7 Å². The van der Waals surface area contributed by atoms with Crippen molar-refractivity contribution in [2.24, 2.45) is 0 Å². The van der Waals surface area contributed by atoms with E-state index in [9.17, 15) is 14.4 Å². The summed E-state index contributed by atoms with van der Waals surface area (Å²) in [4.78, 5) is 42.5. The molecule has 0 bridgehead atoms. The van der Waals surface area contributed by atoms with E-state index in [4.69, 9.17) is 4.74 Å². The van der Waals surface area contributed by atoms with Crippen LogP contribution in [0.25, 0.3) is 16.9 Å². The highest BCUT2D eigenvalue weighted by Gasteiger charge is 2.31. The number of hydrogen-bond acceptors (Lipinski definition) is 5. The maximum absolute atomic E-state index is 13.2. The van der Waals surface area contributed by atoms with E-state index in [1.807, 2.05) is 0 Å². The molecule has 0 saturated heterocycles. The smallest absolute Gasteiger partial charge is 0.337 e. The Balaban J connectivity index is 2.08. The first-order valence-electron chi connectivity index (χ1n) is 8.94. The molecule has 0 aliphatic heterocycles. The van der Waals surface area contributed by atoms with E-state index in [2.05, 4.69) is 4.98 Å². The van der Waals surface area contributed by atoms with Gasteiger partial charge < -0.3 is 9.30 Å². The highest BCUT2D eigenvalue weighted by atomic mass is 16.5. The van der Waals surface area contributed by atoms with Crippen LogP contribution in [0.15, 0.2) is 40.2 Å². The second kappa shape index (κ2) is 6.53. The molecule has 0 spiro atoms. The molecule has 1 aliphatic carbocycles. The summed E-state index contributed by atoms with van der Waals surface area (Å²) in [5.41, 5.74) is 0.164. The van der Waals surface area contributed by atoms with Crippen molar-refractivity contribution in [2.75, 3.05) is 7.11 Å². The lowest BCUT2D eigenvalue weighted by atomic mass is 10.3. The first-order chi connectivity index (χ1) is 13.1. The molecule has 0 amide bonds. The molecule has 2 heterocycles. The average Bonchev–Trinajstić information content (AvgIpc) is 3.42. The number of para-hydroxylation sites is 2. The topological polar surface area (TPSA) is 88.1 Å². The average molecular weight is 368 g/mol. The molecular weight excluding hydrogens is 348 g/mol. The summed E-state index contributed by atoms with van der Waals surface area (Å²) in [6, 6.07) is 6.98. The fraction of sp³-hybridized carbons (Fsp3) is 0.368. The molecule has 8 heteroatoms. The number of benzene rings is 1. The third kappa shape index (κ3) is 2.77. The second-order valence-electron chi connectivity index (χ2n) is 6.63. The fourth-order valence-electron chi connectivity index (χ4n) is 3.26. The molecule has 3 aromatic rings. The number of carbonyl (C=O) groups excluding carboxylic acids is 1. The summed E-state index contributed by atoms with van der Waals surface area (Å²) in [6.07, 6.45) is 3.38. The molecule has 0 unspecified atom stereocenters. The number of aromatic nitrogens is 4. The zero-order valence-corrected chi connectivity index (χ0v) is 15.2. The first-order valence-corrected chi connectivity index (χ1v) is 8.94. The Labute approximate surface area is 154 Å². The van der Waals surface area contributed by atoms with Gasteiger partial charge in [0.2, 0.25) is 0 Å². The summed E-state index contributed by atoms with van der Waals surface area (Å²) in [7, 11) is 1.52. The van der Waals surface area contributed by atoms with Crippen LogP contribution in [0.3, 0.4) is 0 Å². The highest BCUT2D eigenvalue weighted by molar-refractivity contribution is 5.81. The third-order valence-corrected chi connectivity index (χ3v) is 4.83. The lowest BCUT2D eigenvalue weighted by Gasteiger charge is -2.14. The fourth-order valence-corrected chi connectivity index (χ4v) is 3.26. The number of rotatable bonds is 6. The lowest BCUT2D eigenvalue weighted by Crippen LogP contribution is -2.39. The van der Waals surface area contributed by atoms with E-state index >= 15 is 0 Å². The number of hydrogen-bond donors (Lipinski definition) is 0. The van der Waals surface area contributed by atoms with E-state index in [1.165, 1.54) is 27.1 Å². The Hall–Kier alpha value is -3.16. The van der Waals surface area contributed by atoms with Crippen LogP contribution in [0.5, 0.6) is 5.75 Å². The predicted molar refractivity (Wildman–Crippen MR) is 99.7 cm³/mol. The number of Topliss-reactive ketones (excluding diaryl/α,β-unsaturated/α-hetero) is 1. The van der Waals surface area contributed by atoms with Gasteiger partial charge in [-0.15, -0.1) is 0 Å². The van der Waals surface area contributed by atoms with Crippen LogP contribution < -0.4 is 16.0 Å². The SMILES string of the molecule is CCC(=O)Cn1cnc2c1c(=O)n(C1CC1)c(=O)n2-c1ccccc1OC. The van der Waals surface area contributed by atoms with Gasteiger partial charge in [0.25, 0.3) is 5.56 Å². The number of methoxy groups -OCH3 is 1. The van der Waals surface area contributed by atoms with Crippen molar-refractivity contribution in [2.45, 2.75) is 38.8 Å². The highest BCUT2D eigenvalue weighted by Crippen LogP contribution is 2.33. The number of carbonyl (C=O) groups is 1. The number of ether oxygens (including phenoxy) is 1. The van der Waals surface area contributed by atoms with Crippen molar-refractivity contribution < 1.29 is 9.53 Å². The standard InChI is InChI=1S/C19H20N4O4/c1-3-13(24)10-21-11-20-17-16(21)18(25)22(12-8-9-12)19(26)23(17)14-6-4-5-7-15(14)27-2/h4-7,11-12H,3,8-10H2,1-2H3. The Morgan fingerprint density at radius 2 is 2.00 bits per heavy atom. The molecule has 27 heavy (non-hydrogen) atoms. The van der Waals surface area contributed by atoms with Gasteiger partial charge in [0.1, 0.15) is 5.75 Å². The molecule has 1 aromatic carbocycles. The maximum atomic E-state index is 13.2. The van der Waals surface area contributed by atoms with Crippen molar-refractivity contribution in [3.8, 4) is 11.4 Å². The van der Waals surface area contributed by atoms with Gasteiger partial charge in [-0.05, 0) is 25.0 Å². The van der Waals surface area contributed by atoms with Gasteiger partial charge in [-0.3, -0.25) is 14.2 Å². The predicted octanol–water partition coefficient (Wildman–Crippen LogP) is 1.67. The zero-order valence-electron chi connectivity index (χ0n) is 15.2. The van der Waals surface area contributed by atoms with E-state index in [1.54, 1.807) is 31.2 Å². The van der Waals surface area contributed by atoms with Crippen LogP contribution in [0.2, 0.25) is 0 Å². The Morgan fingerprint density at radius 1 is 1.26 bits per heavy atom. The molecule has 4 rings (SSSR count). The van der Waals surface area contributed by atoms with Gasteiger partial charge in [-0.2, -0.15) is 0 Å². The third-order valence-electron chi connectivity index (χ3n) is 4.83. The normalized spacial score (nSPS) is 13.9. The molecular formula is C19H20N4O4. The summed E-state index contributed by atoms with van der Waals surface area (Å²) in [6.45, 7) is 1.83. The Morgan fingerprint density at radius 3 is 2.67 bits per heavy atom. The van der Waals surface area contributed by atoms with Crippen LogP contribution >= 0.6 is 0 Å². The van der Waals surface area contributed by atoms with Crippen LogP contribution in [0, 0.1) is 0 Å². The largest absolute Gasteiger partial charge is 0.495 e. The summed E-state index contributed by atoms with van der Waals surface area (Å²) in [5, 5.41) is 0. The monoisotopic (exact) mass is 368 g/mol. The number of nitrogens with zero attached hydrogens (tertiary/aromatic N) is 4. The van der Waals surface area contributed by atoms with E-state index in [-0.39, 0.29) is 29.5 Å². The van der Waals surface area contributed by atoms with Crippen molar-refractivity contribution in [1.82, 2.24) is 18.7 Å². The lowest BCUT2D eigenvalue weighted by molar-refractivity contribution is -0.119. The van der Waals surface area contributed by atoms with E-state index in [0.717, 1.165) is 12.8 Å². The quantitative estimate of drug-likeness (QED) is 0.660. The number of fused-ring (bicyclic) bond motifs is 1. The van der Waals surface area contributed by atoms with Gasteiger partial charge in [-0.1, -0.05) is 19.1 Å². The number of ketones is 1. The zero-order chi connectivity index (χ0) is 19.1. The van der Waals surface area contributed by atoms with E-state index in [0.29, 0.717) is 17.9 Å². The molecule has 140 valence electrons. The van der Waals surface area contributed by atoms with Crippen molar-refractivity contribution >= 4 is 16.9 Å². The molecule has 1 aliphatic rings. The van der Waals surface area contributed by atoms with Crippen LogP contribution in [-0.2, 0) is 11.3 Å². The molecule has 2 aromatic heterocycles. The van der Waals surface area contributed by atoms with Gasteiger partial charge in [-0.25, -0.2) is 14.3 Å². The minimum Gasteiger partial charge on any atom is -0.495 e. The summed E-state index contributed by atoms with van der Waals surface area (Å²) in [5.74, 6) is 0.489. The number of imidazole rings is 1. The molecule has 0 radical (unpaired) electrons. The van der Waals surface area contributed by atoms with Crippen molar-refractivity contribution in [1.29, 1.82) is 0 Å². The second-order valence-corrected chi connectivity index (χ2v) is 6.63. The van der Waals surface area contributed by atoms with Gasteiger partial charge >= 0.3 is 5.69 Å². The van der Waals surface area contributed by atoms with Gasteiger partial charge in [0.15, 0.2) is 16.9 Å². The minimum atomic E-state index is -0.438. The van der Waals surface area contributed by atoms with Crippen LogP contribution in [0.1, 0.15) is 32.2 Å². The Kier molecular flexibility index (Phi) is 4.18. The summed E-state index contributed by atoms with van der Waals surface area (Å²) < 4.78 is 9.62. The first kappa shape index (κ1) is 17.3. The van der Waals surface area contributed by atoms with Crippen molar-refractivity contribution in [3.05, 3.63) is 51.4 Å². The molecule has 1 saturated carbocycles. The van der Waals surface area contributed by atoms with Crippen molar-refractivity contribution in [3.63, 3.8) is 0 Å². The van der Waals surface area contributed by atoms with E-state index < -0.39 is 11.2 Å². The summed E-state index contributed by atoms with van der Waals surface area (Å²) >= 11 is 0. The van der Waals surface area contributed by atoms with Gasteiger partial charge in [0, 0.05) is 12.5 Å². The molecule has 1 fully saturated rings. The molecule has 8 nitrogen and oxygen atoms in total. The van der Waals surface area contributed by atoms with Crippen LogP contribution in [0.4, 0.5) is 0 Å². The van der Waals surface area contributed by atoms with Crippen LogP contribution in [-0.4, -0.2) is 31.6 Å². The molecule has 0 atom stereocenters. The Bertz CT molecular complexity index is 1150. The maximum Gasteiger partial charge on any atom is 0.337 e. The molecule has 0 N–H and O–H groups in total.